The lowest BCUT2D eigenvalue weighted by molar-refractivity contribution is -0.384. The van der Waals surface area contributed by atoms with E-state index in [2.05, 4.69) is 4.98 Å². The van der Waals surface area contributed by atoms with E-state index in [9.17, 15) is 14.9 Å². The molecule has 0 saturated heterocycles. The van der Waals surface area contributed by atoms with E-state index in [4.69, 9.17) is 0 Å². The van der Waals surface area contributed by atoms with E-state index in [0.717, 1.165) is 5.56 Å². The monoisotopic (exact) mass is 256 g/mol. The Balaban J connectivity index is 2.26. The minimum absolute atomic E-state index is 0.0573. The topological polar surface area (TPSA) is 73.1 Å². The van der Waals surface area contributed by atoms with E-state index >= 15 is 0 Å². The number of benzene rings is 1. The number of nitrogens with zero attached hydrogens (tertiary/aromatic N) is 2. The molecule has 2 aromatic rings. The number of carbonyl (C=O) groups excluding carboxylic acids is 1. The maximum Gasteiger partial charge on any atom is 0.270 e. The first-order valence-electron chi connectivity index (χ1n) is 5.74. The Hall–Kier alpha value is -2.56. The van der Waals surface area contributed by atoms with E-state index in [0.29, 0.717) is 11.1 Å². The van der Waals surface area contributed by atoms with Gasteiger partial charge in [-0.1, -0.05) is 0 Å². The van der Waals surface area contributed by atoms with Crippen molar-refractivity contribution in [2.75, 3.05) is 0 Å². The maximum absolute atomic E-state index is 12.1. The highest BCUT2D eigenvalue weighted by atomic mass is 16.6. The van der Waals surface area contributed by atoms with Crippen molar-refractivity contribution >= 4 is 11.5 Å². The van der Waals surface area contributed by atoms with Gasteiger partial charge in [-0.05, 0) is 36.2 Å². The lowest BCUT2D eigenvalue weighted by Gasteiger charge is -2.03. The molecule has 1 heterocycles. The van der Waals surface area contributed by atoms with Gasteiger partial charge in [0.25, 0.3) is 5.69 Å². The molecule has 19 heavy (non-hydrogen) atoms. The second-order valence-corrected chi connectivity index (χ2v) is 4.27. The number of pyridine rings is 1. The van der Waals surface area contributed by atoms with E-state index in [1.54, 1.807) is 37.5 Å². The molecule has 1 aromatic heterocycles. The third-order valence-corrected chi connectivity index (χ3v) is 2.71. The Morgan fingerprint density at radius 2 is 1.95 bits per heavy atom. The molecule has 0 fully saturated rings. The quantitative estimate of drug-likeness (QED) is 0.479. The summed E-state index contributed by atoms with van der Waals surface area (Å²) in [7, 11) is 0. The normalized spacial score (nSPS) is 10.2. The van der Waals surface area contributed by atoms with Crippen LogP contribution in [0, 0.1) is 17.0 Å². The van der Waals surface area contributed by atoms with Crippen molar-refractivity contribution in [2.45, 2.75) is 13.3 Å². The Labute approximate surface area is 110 Å². The number of ketones is 1. The van der Waals surface area contributed by atoms with Crippen molar-refractivity contribution in [3.05, 3.63) is 69.5 Å². The standard InChI is InChI=1S/C14H12N2O3/c1-10-6-12(9-13(7-10)16(18)19)14(17)8-11-2-4-15-5-3-11/h2-7,9H,8H2,1H3. The van der Waals surface area contributed by atoms with Crippen molar-refractivity contribution in [2.24, 2.45) is 0 Å². The molecule has 0 N–H and O–H groups in total. The first-order valence-corrected chi connectivity index (χ1v) is 5.74. The molecule has 0 bridgehead atoms. The number of hydrogen-bond donors (Lipinski definition) is 0. The molecule has 5 nitrogen and oxygen atoms in total. The van der Waals surface area contributed by atoms with Crippen molar-refractivity contribution in [3.63, 3.8) is 0 Å². The summed E-state index contributed by atoms with van der Waals surface area (Å²) in [6.07, 6.45) is 3.44. The summed E-state index contributed by atoms with van der Waals surface area (Å²) in [5.41, 5.74) is 1.85. The molecule has 0 amide bonds. The van der Waals surface area contributed by atoms with E-state index in [-0.39, 0.29) is 17.9 Å². The second-order valence-electron chi connectivity index (χ2n) is 4.27. The van der Waals surface area contributed by atoms with Gasteiger partial charge in [-0.15, -0.1) is 0 Å². The number of Topliss-reactive ketones (excluding diaryl/α,β-unsaturated/α-hetero) is 1. The van der Waals surface area contributed by atoms with E-state index in [1.165, 1.54) is 12.1 Å². The molecule has 96 valence electrons. The van der Waals surface area contributed by atoms with Gasteiger partial charge in [-0.2, -0.15) is 0 Å². The summed E-state index contributed by atoms with van der Waals surface area (Å²) in [5.74, 6) is -0.141. The SMILES string of the molecule is Cc1cc(C(=O)Cc2ccncc2)cc([N+](=O)[O-])c1. The fourth-order valence-corrected chi connectivity index (χ4v) is 1.82. The summed E-state index contributed by atoms with van der Waals surface area (Å²) in [6.45, 7) is 1.73. The third-order valence-electron chi connectivity index (χ3n) is 2.71. The summed E-state index contributed by atoms with van der Waals surface area (Å²) >= 11 is 0. The third kappa shape index (κ3) is 3.22. The Morgan fingerprint density at radius 3 is 2.58 bits per heavy atom. The molecule has 0 saturated carbocycles. The number of carbonyl (C=O) groups is 1. The van der Waals surface area contributed by atoms with Crippen LogP contribution in [0.4, 0.5) is 5.69 Å². The highest BCUT2D eigenvalue weighted by Gasteiger charge is 2.13. The van der Waals surface area contributed by atoms with Crippen LogP contribution >= 0.6 is 0 Å². The smallest absolute Gasteiger partial charge is 0.270 e. The predicted octanol–water partition coefficient (Wildman–Crippen LogP) is 2.72. The van der Waals surface area contributed by atoms with Crippen molar-refractivity contribution in [3.8, 4) is 0 Å². The number of nitro groups is 1. The fourth-order valence-electron chi connectivity index (χ4n) is 1.82. The molecule has 0 aliphatic carbocycles. The van der Waals surface area contributed by atoms with Crippen LogP contribution in [0.2, 0.25) is 0 Å². The van der Waals surface area contributed by atoms with E-state index in [1.807, 2.05) is 0 Å². The van der Waals surface area contributed by atoms with E-state index < -0.39 is 4.92 Å². The molecule has 0 spiro atoms. The number of aryl methyl sites for hydroxylation is 1. The molecule has 0 unspecified atom stereocenters. The van der Waals surface area contributed by atoms with Gasteiger partial charge in [-0.3, -0.25) is 19.9 Å². The van der Waals surface area contributed by atoms with Gasteiger partial charge < -0.3 is 0 Å². The number of aromatic nitrogens is 1. The average molecular weight is 256 g/mol. The molecular formula is C14H12N2O3. The van der Waals surface area contributed by atoms with Crippen LogP contribution in [0.5, 0.6) is 0 Å². The van der Waals surface area contributed by atoms with Crippen LogP contribution in [0.3, 0.4) is 0 Å². The first kappa shape index (κ1) is 12.9. The molecule has 5 heteroatoms. The van der Waals surface area contributed by atoms with Crippen molar-refractivity contribution < 1.29 is 9.72 Å². The molecule has 2 rings (SSSR count). The maximum atomic E-state index is 12.1. The van der Waals surface area contributed by atoms with Crippen LogP contribution in [0.1, 0.15) is 21.5 Å². The number of non-ortho nitro benzene ring substituents is 1. The van der Waals surface area contributed by atoms with Crippen LogP contribution in [-0.4, -0.2) is 15.7 Å². The minimum Gasteiger partial charge on any atom is -0.294 e. The number of hydrogen-bond acceptors (Lipinski definition) is 4. The van der Waals surface area contributed by atoms with Crippen LogP contribution in [0.25, 0.3) is 0 Å². The van der Waals surface area contributed by atoms with Gasteiger partial charge in [0, 0.05) is 36.5 Å². The minimum atomic E-state index is -0.490. The molecule has 0 radical (unpaired) electrons. The molecule has 0 atom stereocenters. The Morgan fingerprint density at radius 1 is 1.26 bits per heavy atom. The Kier molecular flexibility index (Phi) is 3.66. The predicted molar refractivity (Wildman–Crippen MR) is 70.1 cm³/mol. The lowest BCUT2D eigenvalue weighted by Crippen LogP contribution is -2.05. The summed E-state index contributed by atoms with van der Waals surface area (Å²) in [6, 6.07) is 7.93. The van der Waals surface area contributed by atoms with Gasteiger partial charge in [0.15, 0.2) is 5.78 Å². The van der Waals surface area contributed by atoms with Crippen molar-refractivity contribution in [1.82, 2.24) is 4.98 Å². The zero-order valence-corrected chi connectivity index (χ0v) is 10.4. The second kappa shape index (κ2) is 5.39. The van der Waals surface area contributed by atoms with Gasteiger partial charge in [0.2, 0.25) is 0 Å². The summed E-state index contributed by atoms with van der Waals surface area (Å²) in [4.78, 5) is 26.3. The Bertz CT molecular complexity index is 624. The van der Waals surface area contributed by atoms with Crippen LogP contribution in [0.15, 0.2) is 42.7 Å². The number of rotatable bonds is 4. The van der Waals surface area contributed by atoms with Crippen LogP contribution in [-0.2, 0) is 6.42 Å². The van der Waals surface area contributed by atoms with Gasteiger partial charge in [0.1, 0.15) is 0 Å². The molecular weight excluding hydrogens is 244 g/mol. The first-order chi connectivity index (χ1) is 9.06. The lowest BCUT2D eigenvalue weighted by atomic mass is 10.0. The van der Waals surface area contributed by atoms with Gasteiger partial charge in [0.05, 0.1) is 4.92 Å². The zero-order valence-electron chi connectivity index (χ0n) is 10.4. The van der Waals surface area contributed by atoms with Crippen LogP contribution < -0.4 is 0 Å². The molecule has 1 aromatic carbocycles. The molecule has 0 aliphatic rings. The number of nitro benzene ring substituents is 1. The van der Waals surface area contributed by atoms with Gasteiger partial charge >= 0.3 is 0 Å². The highest BCUT2D eigenvalue weighted by molar-refractivity contribution is 5.98. The largest absolute Gasteiger partial charge is 0.294 e. The fraction of sp³-hybridized carbons (Fsp3) is 0.143. The highest BCUT2D eigenvalue weighted by Crippen LogP contribution is 2.18. The summed E-state index contributed by atoms with van der Waals surface area (Å²) in [5, 5.41) is 10.8. The zero-order chi connectivity index (χ0) is 13.8. The van der Waals surface area contributed by atoms with Gasteiger partial charge in [-0.25, -0.2) is 0 Å². The molecule has 0 aliphatic heterocycles. The average Bonchev–Trinajstić information content (AvgIpc) is 2.39. The summed E-state index contributed by atoms with van der Waals surface area (Å²) < 4.78 is 0. The van der Waals surface area contributed by atoms with Crippen molar-refractivity contribution in [1.29, 1.82) is 0 Å².